The van der Waals surface area contributed by atoms with E-state index < -0.39 is 0 Å². The molecule has 1 atom stereocenters. The number of aromatic nitrogens is 3. The summed E-state index contributed by atoms with van der Waals surface area (Å²) in [6.07, 6.45) is 7.06. The average Bonchev–Trinajstić information content (AvgIpc) is 3.03. The van der Waals surface area contributed by atoms with Crippen molar-refractivity contribution in [3.05, 3.63) is 42.1 Å². The zero-order valence-electron chi connectivity index (χ0n) is 12.4. The van der Waals surface area contributed by atoms with Gasteiger partial charge >= 0.3 is 0 Å². The lowest BCUT2D eigenvalue weighted by molar-refractivity contribution is 0.285. The molecule has 1 unspecified atom stereocenters. The van der Waals surface area contributed by atoms with E-state index in [0.717, 1.165) is 36.6 Å². The van der Waals surface area contributed by atoms with Crippen LogP contribution in [0.1, 0.15) is 24.2 Å². The van der Waals surface area contributed by atoms with Gasteiger partial charge < -0.3 is 9.64 Å². The Morgan fingerprint density at radius 1 is 1.45 bits per heavy atom. The first kappa shape index (κ1) is 14.3. The van der Waals surface area contributed by atoms with E-state index in [1.165, 1.54) is 6.20 Å². The van der Waals surface area contributed by atoms with Crippen LogP contribution in [0.5, 0.6) is 5.75 Å². The summed E-state index contributed by atoms with van der Waals surface area (Å²) in [4.78, 5) is 14.8. The van der Waals surface area contributed by atoms with Crippen LogP contribution in [0.15, 0.2) is 30.7 Å². The van der Waals surface area contributed by atoms with Crippen LogP contribution < -0.4 is 9.64 Å². The van der Waals surface area contributed by atoms with Crippen LogP contribution in [-0.4, -0.2) is 34.1 Å². The largest absolute Gasteiger partial charge is 0.490 e. The minimum absolute atomic E-state index is 0.239. The highest BCUT2D eigenvalue weighted by atomic mass is 16.5. The highest BCUT2D eigenvalue weighted by Crippen LogP contribution is 2.24. The Morgan fingerprint density at radius 2 is 2.36 bits per heavy atom. The van der Waals surface area contributed by atoms with E-state index >= 15 is 0 Å². The molecule has 112 valence electrons. The molecular formula is C16H17N5O. The maximum Gasteiger partial charge on any atom is 0.161 e. The molecule has 1 aliphatic heterocycles. The van der Waals surface area contributed by atoms with E-state index in [9.17, 15) is 0 Å². The Bertz CT molecular complexity index is 697. The van der Waals surface area contributed by atoms with Gasteiger partial charge in [0.25, 0.3) is 0 Å². The van der Waals surface area contributed by atoms with Crippen LogP contribution in [0, 0.1) is 18.3 Å². The maximum absolute atomic E-state index is 8.95. The quantitative estimate of drug-likeness (QED) is 0.860. The van der Waals surface area contributed by atoms with Gasteiger partial charge in [0.15, 0.2) is 5.69 Å². The molecule has 0 spiro atoms. The molecular weight excluding hydrogens is 278 g/mol. The van der Waals surface area contributed by atoms with E-state index in [0.29, 0.717) is 12.3 Å². The number of nitrogens with zero attached hydrogens (tertiary/aromatic N) is 5. The zero-order valence-corrected chi connectivity index (χ0v) is 12.4. The summed E-state index contributed by atoms with van der Waals surface area (Å²) in [7, 11) is 0. The van der Waals surface area contributed by atoms with Gasteiger partial charge in [0.1, 0.15) is 24.2 Å². The number of pyridine rings is 1. The van der Waals surface area contributed by atoms with Crippen molar-refractivity contribution in [1.82, 2.24) is 15.0 Å². The van der Waals surface area contributed by atoms with Crippen molar-refractivity contribution in [2.24, 2.45) is 0 Å². The van der Waals surface area contributed by atoms with E-state index in [1.54, 1.807) is 12.4 Å². The molecule has 0 radical (unpaired) electrons. The predicted molar refractivity (Wildman–Crippen MR) is 81.6 cm³/mol. The topological polar surface area (TPSA) is 74.9 Å². The maximum atomic E-state index is 8.95. The smallest absolute Gasteiger partial charge is 0.161 e. The Balaban J connectivity index is 1.71. The van der Waals surface area contributed by atoms with Gasteiger partial charge in [0.2, 0.25) is 0 Å². The monoisotopic (exact) mass is 295 g/mol. The third kappa shape index (κ3) is 2.98. The second-order valence-corrected chi connectivity index (χ2v) is 5.26. The van der Waals surface area contributed by atoms with Gasteiger partial charge in [-0.1, -0.05) is 0 Å². The van der Waals surface area contributed by atoms with Crippen LogP contribution in [0.3, 0.4) is 0 Å². The molecule has 1 fully saturated rings. The Kier molecular flexibility index (Phi) is 4.15. The van der Waals surface area contributed by atoms with Gasteiger partial charge in [-0.3, -0.25) is 9.97 Å². The second-order valence-electron chi connectivity index (χ2n) is 5.26. The molecule has 1 aliphatic rings. The van der Waals surface area contributed by atoms with E-state index in [4.69, 9.17) is 10.00 Å². The van der Waals surface area contributed by atoms with Crippen molar-refractivity contribution in [3.8, 4) is 11.8 Å². The number of hydrogen-bond acceptors (Lipinski definition) is 6. The summed E-state index contributed by atoms with van der Waals surface area (Å²) < 4.78 is 5.91. The zero-order chi connectivity index (χ0) is 15.4. The molecule has 2 aromatic rings. The molecule has 0 aromatic carbocycles. The van der Waals surface area contributed by atoms with Crippen molar-refractivity contribution in [1.29, 1.82) is 5.26 Å². The summed E-state index contributed by atoms with van der Waals surface area (Å²) in [6.45, 7) is 3.41. The van der Waals surface area contributed by atoms with Gasteiger partial charge in [0, 0.05) is 12.7 Å². The summed E-state index contributed by atoms with van der Waals surface area (Å²) >= 11 is 0. The van der Waals surface area contributed by atoms with Crippen molar-refractivity contribution < 1.29 is 4.74 Å². The number of rotatable bonds is 4. The van der Waals surface area contributed by atoms with E-state index in [-0.39, 0.29) is 6.04 Å². The van der Waals surface area contributed by atoms with Crippen molar-refractivity contribution in [3.63, 3.8) is 0 Å². The van der Waals surface area contributed by atoms with Crippen LogP contribution in [-0.2, 0) is 0 Å². The number of hydrogen-bond donors (Lipinski definition) is 0. The SMILES string of the molecule is Cc1ncccc1OCC1CCCN1c1cncc(C#N)n1. The number of aryl methyl sites for hydroxylation is 1. The molecule has 1 saturated heterocycles. The summed E-state index contributed by atoms with van der Waals surface area (Å²) in [5, 5.41) is 8.95. The average molecular weight is 295 g/mol. The Morgan fingerprint density at radius 3 is 3.18 bits per heavy atom. The Labute approximate surface area is 129 Å². The molecule has 0 bridgehead atoms. The van der Waals surface area contributed by atoms with Crippen LogP contribution >= 0.6 is 0 Å². The number of anilines is 1. The number of nitriles is 1. The van der Waals surface area contributed by atoms with Crippen molar-refractivity contribution in [2.75, 3.05) is 18.1 Å². The molecule has 6 nitrogen and oxygen atoms in total. The molecule has 0 aliphatic carbocycles. The lowest BCUT2D eigenvalue weighted by Gasteiger charge is -2.25. The summed E-state index contributed by atoms with van der Waals surface area (Å²) in [5.41, 5.74) is 1.23. The van der Waals surface area contributed by atoms with Crippen LogP contribution in [0.4, 0.5) is 5.82 Å². The summed E-state index contributed by atoms with van der Waals surface area (Å²) in [5.74, 6) is 1.55. The normalized spacial score (nSPS) is 17.3. The van der Waals surface area contributed by atoms with Gasteiger partial charge in [0.05, 0.1) is 24.1 Å². The highest BCUT2D eigenvalue weighted by Gasteiger charge is 2.27. The second kappa shape index (κ2) is 6.39. The third-order valence-electron chi connectivity index (χ3n) is 3.80. The summed E-state index contributed by atoms with van der Waals surface area (Å²) in [6, 6.07) is 6.07. The molecule has 0 saturated carbocycles. The molecule has 0 N–H and O–H groups in total. The van der Waals surface area contributed by atoms with Crippen LogP contribution in [0.25, 0.3) is 0 Å². The van der Waals surface area contributed by atoms with Crippen molar-refractivity contribution in [2.45, 2.75) is 25.8 Å². The minimum atomic E-state index is 0.239. The van der Waals surface area contributed by atoms with E-state index in [2.05, 4.69) is 19.9 Å². The fourth-order valence-electron chi connectivity index (χ4n) is 2.67. The van der Waals surface area contributed by atoms with Gasteiger partial charge in [-0.25, -0.2) is 4.98 Å². The molecule has 2 aromatic heterocycles. The van der Waals surface area contributed by atoms with E-state index in [1.807, 2.05) is 25.1 Å². The lowest BCUT2D eigenvalue weighted by Crippen LogP contribution is -2.35. The first-order valence-corrected chi connectivity index (χ1v) is 7.31. The predicted octanol–water partition coefficient (Wildman–Crippen LogP) is 2.10. The van der Waals surface area contributed by atoms with Gasteiger partial charge in [-0.2, -0.15) is 5.26 Å². The number of ether oxygens (including phenoxy) is 1. The molecule has 6 heteroatoms. The lowest BCUT2D eigenvalue weighted by atomic mass is 10.2. The first-order valence-electron chi connectivity index (χ1n) is 7.31. The Hall–Kier alpha value is -2.68. The van der Waals surface area contributed by atoms with Gasteiger partial charge in [-0.05, 0) is 31.9 Å². The fraction of sp³-hybridized carbons (Fsp3) is 0.375. The standard InChI is InChI=1S/C16H17N5O/c1-12-15(5-2-6-19-12)22-11-14-4-3-7-21(14)16-10-18-9-13(8-17)20-16/h2,5-6,9-10,14H,3-4,7,11H2,1H3. The molecule has 3 rings (SSSR count). The minimum Gasteiger partial charge on any atom is -0.490 e. The molecule has 22 heavy (non-hydrogen) atoms. The van der Waals surface area contributed by atoms with Gasteiger partial charge in [-0.15, -0.1) is 0 Å². The third-order valence-corrected chi connectivity index (χ3v) is 3.80. The molecule has 3 heterocycles. The van der Waals surface area contributed by atoms with Crippen LogP contribution in [0.2, 0.25) is 0 Å². The first-order chi connectivity index (χ1) is 10.8. The fourth-order valence-corrected chi connectivity index (χ4v) is 2.67. The highest BCUT2D eigenvalue weighted by molar-refractivity contribution is 5.41. The molecule has 0 amide bonds. The van der Waals surface area contributed by atoms with Crippen molar-refractivity contribution >= 4 is 5.82 Å².